The fourth-order valence-electron chi connectivity index (χ4n) is 1.38. The van der Waals surface area contributed by atoms with E-state index in [0.29, 0.717) is 10.9 Å². The Hall–Kier alpha value is -0.940. The minimum Gasteiger partial charge on any atom is -0.294 e. The first-order valence-corrected chi connectivity index (χ1v) is 6.18. The molecule has 0 N–H and O–H groups in total. The van der Waals surface area contributed by atoms with Crippen molar-refractivity contribution in [2.75, 3.05) is 5.33 Å². The van der Waals surface area contributed by atoms with E-state index in [0.717, 1.165) is 0 Å². The van der Waals surface area contributed by atoms with Gasteiger partial charge in [-0.2, -0.15) is 0 Å². The largest absolute Gasteiger partial charge is 0.294 e. The third kappa shape index (κ3) is 2.80. The summed E-state index contributed by atoms with van der Waals surface area (Å²) in [6.07, 6.45) is 0.217. The summed E-state index contributed by atoms with van der Waals surface area (Å²) in [5.41, 5.74) is 0.452. The van der Waals surface area contributed by atoms with Crippen LogP contribution in [0.1, 0.15) is 22.3 Å². The highest BCUT2D eigenvalue weighted by atomic mass is 79.9. The van der Waals surface area contributed by atoms with E-state index in [4.69, 9.17) is 11.6 Å². The normalized spacial score (nSPS) is 10.1. The molecule has 0 bridgehead atoms. The van der Waals surface area contributed by atoms with Gasteiger partial charge in [-0.15, -0.1) is 11.6 Å². The molecule has 4 nitrogen and oxygen atoms in total. The van der Waals surface area contributed by atoms with Crippen LogP contribution in [0.2, 0.25) is 0 Å². The smallest absolute Gasteiger partial charge is 0.280 e. The first-order valence-electron chi connectivity index (χ1n) is 4.53. The number of rotatable bonds is 5. The van der Waals surface area contributed by atoms with E-state index in [2.05, 4.69) is 15.9 Å². The van der Waals surface area contributed by atoms with Crippen molar-refractivity contribution in [3.05, 3.63) is 39.4 Å². The van der Waals surface area contributed by atoms with E-state index in [1.54, 1.807) is 6.07 Å². The molecule has 0 radical (unpaired) electrons. The van der Waals surface area contributed by atoms with Crippen LogP contribution in [0.25, 0.3) is 0 Å². The maximum absolute atomic E-state index is 11.8. The summed E-state index contributed by atoms with van der Waals surface area (Å²) in [5.74, 6) is -0.176. The maximum atomic E-state index is 11.8. The molecule has 86 valence electrons. The molecule has 6 heteroatoms. The zero-order valence-corrected chi connectivity index (χ0v) is 10.6. The van der Waals surface area contributed by atoms with E-state index < -0.39 is 4.92 Å². The highest BCUT2D eigenvalue weighted by Crippen LogP contribution is 2.25. The molecule has 1 rings (SSSR count). The molecule has 1 aromatic carbocycles. The zero-order chi connectivity index (χ0) is 12.1. The summed E-state index contributed by atoms with van der Waals surface area (Å²) < 4.78 is 0. The molecule has 1 aromatic rings. The van der Waals surface area contributed by atoms with Crippen LogP contribution in [0.15, 0.2) is 18.2 Å². The average Bonchev–Trinajstić information content (AvgIpc) is 2.28. The molecule has 0 aliphatic rings. The molecule has 0 aliphatic carbocycles. The van der Waals surface area contributed by atoms with Crippen molar-refractivity contribution < 1.29 is 9.72 Å². The second kappa shape index (κ2) is 5.96. The number of nitrogens with zero attached hydrogens (tertiary/aromatic N) is 1. The molecular weight excluding hydrogens is 297 g/mol. The van der Waals surface area contributed by atoms with Crippen LogP contribution in [0, 0.1) is 10.1 Å². The molecular formula is C10H9BrClNO3. The Morgan fingerprint density at radius 1 is 1.50 bits per heavy atom. The van der Waals surface area contributed by atoms with Crippen molar-refractivity contribution >= 4 is 39.0 Å². The number of nitro benzene ring substituents is 1. The van der Waals surface area contributed by atoms with Gasteiger partial charge in [-0.25, -0.2) is 0 Å². The number of ketones is 1. The summed E-state index contributed by atoms with van der Waals surface area (Å²) in [5, 5.41) is 11.3. The monoisotopic (exact) mass is 305 g/mol. The number of nitro groups is 1. The van der Waals surface area contributed by atoms with Gasteiger partial charge in [-0.05, 0) is 5.56 Å². The van der Waals surface area contributed by atoms with Gasteiger partial charge in [0.1, 0.15) is 0 Å². The fraction of sp³-hybridized carbons (Fsp3) is 0.300. The van der Waals surface area contributed by atoms with Gasteiger partial charge in [-0.1, -0.05) is 28.1 Å². The lowest BCUT2D eigenvalue weighted by molar-refractivity contribution is -0.385. The molecule has 0 spiro atoms. The summed E-state index contributed by atoms with van der Waals surface area (Å²) >= 11 is 8.80. The maximum Gasteiger partial charge on any atom is 0.280 e. The van der Waals surface area contributed by atoms with Crippen molar-refractivity contribution in [3.63, 3.8) is 0 Å². The Balaban J connectivity index is 3.30. The van der Waals surface area contributed by atoms with Crippen molar-refractivity contribution in [1.82, 2.24) is 0 Å². The predicted molar refractivity (Wildman–Crippen MR) is 65.4 cm³/mol. The van der Waals surface area contributed by atoms with Gasteiger partial charge in [0.05, 0.1) is 10.5 Å². The Kier molecular flexibility index (Phi) is 4.89. The highest BCUT2D eigenvalue weighted by Gasteiger charge is 2.22. The molecule has 0 atom stereocenters. The second-order valence-corrected chi connectivity index (χ2v) is 4.12. The van der Waals surface area contributed by atoms with Gasteiger partial charge in [0.15, 0.2) is 5.78 Å². The number of Topliss-reactive ketones (excluding diaryl/α,β-unsaturated/α-hetero) is 1. The number of carbonyl (C=O) groups is 1. The van der Waals surface area contributed by atoms with Crippen LogP contribution in [-0.2, 0) is 5.88 Å². The number of hydrogen-bond acceptors (Lipinski definition) is 3. The van der Waals surface area contributed by atoms with Gasteiger partial charge in [0.2, 0.25) is 0 Å². The van der Waals surface area contributed by atoms with Gasteiger partial charge < -0.3 is 0 Å². The Morgan fingerprint density at radius 2 is 2.19 bits per heavy atom. The lowest BCUT2D eigenvalue weighted by Gasteiger charge is -2.05. The SMILES string of the molecule is O=C(CCBr)c1c(CCl)cccc1[N+](=O)[O-]. The molecule has 0 aromatic heterocycles. The van der Waals surface area contributed by atoms with Crippen molar-refractivity contribution in [2.45, 2.75) is 12.3 Å². The van der Waals surface area contributed by atoms with E-state index >= 15 is 0 Å². The number of hydrogen-bond donors (Lipinski definition) is 0. The van der Waals surface area contributed by atoms with Crippen LogP contribution in [0.5, 0.6) is 0 Å². The van der Waals surface area contributed by atoms with E-state index in [1.165, 1.54) is 12.1 Å². The van der Waals surface area contributed by atoms with Crippen molar-refractivity contribution in [1.29, 1.82) is 0 Å². The third-order valence-corrected chi connectivity index (χ3v) is 2.75. The van der Waals surface area contributed by atoms with Gasteiger partial charge in [0.25, 0.3) is 5.69 Å². The van der Waals surface area contributed by atoms with E-state index in [1.807, 2.05) is 0 Å². The number of alkyl halides is 2. The van der Waals surface area contributed by atoms with Crippen LogP contribution < -0.4 is 0 Å². The average molecular weight is 307 g/mol. The standard InChI is InChI=1S/C10H9BrClNO3/c11-5-4-9(14)10-7(6-12)2-1-3-8(10)13(15)16/h1-3H,4-6H2. The predicted octanol–water partition coefficient (Wildman–Crippen LogP) is 3.30. The number of benzene rings is 1. The molecule has 0 saturated carbocycles. The number of halogens is 2. The van der Waals surface area contributed by atoms with Crippen molar-refractivity contribution in [3.8, 4) is 0 Å². The molecule has 0 heterocycles. The molecule has 0 aliphatic heterocycles. The first-order chi connectivity index (χ1) is 7.61. The molecule has 16 heavy (non-hydrogen) atoms. The minimum atomic E-state index is -0.558. The van der Waals surface area contributed by atoms with Crippen LogP contribution >= 0.6 is 27.5 Å². The van der Waals surface area contributed by atoms with Crippen LogP contribution in [0.3, 0.4) is 0 Å². The Morgan fingerprint density at radius 3 is 2.69 bits per heavy atom. The molecule has 0 unspecified atom stereocenters. The van der Waals surface area contributed by atoms with E-state index in [9.17, 15) is 14.9 Å². The van der Waals surface area contributed by atoms with Crippen LogP contribution in [-0.4, -0.2) is 16.0 Å². The summed E-state index contributed by atoms with van der Waals surface area (Å²) in [7, 11) is 0. The first kappa shape index (κ1) is 13.1. The minimum absolute atomic E-state index is 0.0883. The Labute approximate surface area is 106 Å². The lowest BCUT2D eigenvalue weighted by atomic mass is 10.0. The zero-order valence-electron chi connectivity index (χ0n) is 8.28. The van der Waals surface area contributed by atoms with E-state index in [-0.39, 0.29) is 29.3 Å². The fourth-order valence-corrected chi connectivity index (χ4v) is 1.97. The van der Waals surface area contributed by atoms with Crippen molar-refractivity contribution in [2.24, 2.45) is 0 Å². The summed E-state index contributed by atoms with van der Waals surface area (Å²) in [6.45, 7) is 0. The third-order valence-electron chi connectivity index (χ3n) is 2.07. The van der Waals surface area contributed by atoms with Gasteiger partial charge in [-0.3, -0.25) is 14.9 Å². The second-order valence-electron chi connectivity index (χ2n) is 3.06. The van der Waals surface area contributed by atoms with Gasteiger partial charge in [0, 0.05) is 23.7 Å². The Bertz CT molecular complexity index is 423. The van der Waals surface area contributed by atoms with Gasteiger partial charge >= 0.3 is 0 Å². The topological polar surface area (TPSA) is 60.2 Å². The molecule has 0 fully saturated rings. The summed E-state index contributed by atoms with van der Waals surface area (Å²) in [6, 6.07) is 4.47. The highest BCUT2D eigenvalue weighted by molar-refractivity contribution is 9.09. The lowest BCUT2D eigenvalue weighted by Crippen LogP contribution is -2.07. The summed E-state index contributed by atoms with van der Waals surface area (Å²) in [4.78, 5) is 22.0. The number of carbonyl (C=O) groups excluding carboxylic acids is 1. The van der Waals surface area contributed by atoms with Crippen LogP contribution in [0.4, 0.5) is 5.69 Å². The molecule has 0 amide bonds. The quantitative estimate of drug-likeness (QED) is 0.363. The molecule has 0 saturated heterocycles.